The molecule has 0 saturated carbocycles. The number of aromatic nitrogens is 1. The zero-order valence-corrected chi connectivity index (χ0v) is 20.6. The Bertz CT molecular complexity index is 1190. The summed E-state index contributed by atoms with van der Waals surface area (Å²) in [7, 11) is 0. The Kier molecular flexibility index (Phi) is 7.64. The second-order valence-corrected chi connectivity index (χ2v) is 9.30. The van der Waals surface area contributed by atoms with Crippen molar-refractivity contribution in [2.75, 3.05) is 10.6 Å². The van der Waals surface area contributed by atoms with E-state index in [1.165, 1.54) is 6.92 Å². The Morgan fingerprint density at radius 2 is 1.63 bits per heavy atom. The number of carboxylic acid groups (broad SMARTS) is 1. The predicted molar refractivity (Wildman–Crippen MR) is 135 cm³/mol. The van der Waals surface area contributed by atoms with E-state index in [0.717, 1.165) is 5.56 Å². The average molecular weight is 478 g/mol. The summed E-state index contributed by atoms with van der Waals surface area (Å²) in [6.45, 7) is 9.55. The van der Waals surface area contributed by atoms with Crippen LogP contribution in [-0.4, -0.2) is 27.7 Å². The molecule has 0 bridgehead atoms. The van der Waals surface area contributed by atoms with Crippen LogP contribution in [0.15, 0.2) is 66.9 Å². The number of rotatable bonds is 8. The molecule has 8 nitrogen and oxygen atoms in total. The van der Waals surface area contributed by atoms with Gasteiger partial charge in [-0.1, -0.05) is 45.9 Å². The molecule has 2 aromatic carbocycles. The van der Waals surface area contributed by atoms with E-state index in [2.05, 4.69) is 36.4 Å². The lowest BCUT2D eigenvalue weighted by molar-refractivity contribution is -0.154. The second kappa shape index (κ2) is 10.5. The lowest BCUT2D eigenvalue weighted by atomic mass is 9.86. The quantitative estimate of drug-likeness (QED) is 0.344. The highest BCUT2D eigenvalue weighted by Gasteiger charge is 2.33. The van der Waals surface area contributed by atoms with Crippen molar-refractivity contribution in [1.82, 2.24) is 4.98 Å². The van der Waals surface area contributed by atoms with E-state index in [1.54, 1.807) is 49.5 Å². The minimum absolute atomic E-state index is 0.134. The highest BCUT2D eigenvalue weighted by atomic mass is 16.5. The molecular formula is C27H31N3O5. The molecule has 2 amide bonds. The van der Waals surface area contributed by atoms with Crippen LogP contribution in [0.1, 0.15) is 46.6 Å². The molecule has 0 aliphatic carbocycles. The van der Waals surface area contributed by atoms with Crippen LogP contribution in [0.4, 0.5) is 16.2 Å². The van der Waals surface area contributed by atoms with E-state index in [-0.39, 0.29) is 11.3 Å². The number of benzene rings is 2. The fraction of sp³-hybridized carbons (Fsp3) is 0.296. The monoisotopic (exact) mass is 477 g/mol. The maximum Gasteiger partial charge on any atom is 0.347 e. The number of aliphatic carboxylic acids is 1. The van der Waals surface area contributed by atoms with Gasteiger partial charge in [-0.2, -0.15) is 0 Å². The standard InChI is InChI=1S/C27H31N3O5/c1-6-27(5,24(31)32)35-19-15-13-18(14-16-19)29-25(33)30-21-11-9-17-28-23(21)34-22-12-8-7-10-20(22)26(2,3)4/h7-17H,6H2,1-5H3,(H,31,32)(H2,29,30,33). The van der Waals surface area contributed by atoms with Gasteiger partial charge in [-0.3, -0.25) is 0 Å². The van der Waals surface area contributed by atoms with Crippen LogP contribution in [0, 0.1) is 0 Å². The van der Waals surface area contributed by atoms with Crippen LogP contribution in [0.3, 0.4) is 0 Å². The maximum atomic E-state index is 12.6. The van der Waals surface area contributed by atoms with Crippen LogP contribution in [0.2, 0.25) is 0 Å². The van der Waals surface area contributed by atoms with Crippen molar-refractivity contribution < 1.29 is 24.2 Å². The van der Waals surface area contributed by atoms with Gasteiger partial charge in [0.15, 0.2) is 0 Å². The molecule has 0 spiro atoms. The fourth-order valence-corrected chi connectivity index (χ4v) is 3.26. The summed E-state index contributed by atoms with van der Waals surface area (Å²) in [5.74, 6) is 0.290. The van der Waals surface area contributed by atoms with Crippen molar-refractivity contribution in [3.63, 3.8) is 0 Å². The molecule has 1 atom stereocenters. The molecule has 1 unspecified atom stereocenters. The number of hydrogen-bond acceptors (Lipinski definition) is 5. The van der Waals surface area contributed by atoms with Crippen molar-refractivity contribution in [3.05, 3.63) is 72.4 Å². The van der Waals surface area contributed by atoms with Crippen molar-refractivity contribution >= 4 is 23.4 Å². The van der Waals surface area contributed by atoms with Gasteiger partial charge in [0.05, 0.1) is 0 Å². The van der Waals surface area contributed by atoms with Gasteiger partial charge in [-0.05, 0) is 61.2 Å². The number of carbonyl (C=O) groups is 2. The largest absolute Gasteiger partial charge is 0.478 e. The van der Waals surface area contributed by atoms with E-state index in [1.807, 2.05) is 24.3 Å². The fourth-order valence-electron chi connectivity index (χ4n) is 3.26. The molecule has 35 heavy (non-hydrogen) atoms. The van der Waals surface area contributed by atoms with Gasteiger partial charge in [0.1, 0.15) is 17.2 Å². The van der Waals surface area contributed by atoms with Crippen LogP contribution in [0.5, 0.6) is 17.4 Å². The van der Waals surface area contributed by atoms with Crippen LogP contribution >= 0.6 is 0 Å². The van der Waals surface area contributed by atoms with Gasteiger partial charge in [0.25, 0.3) is 0 Å². The molecule has 0 fully saturated rings. The van der Waals surface area contributed by atoms with Crippen molar-refractivity contribution in [1.29, 1.82) is 0 Å². The van der Waals surface area contributed by atoms with Crippen LogP contribution < -0.4 is 20.1 Å². The molecule has 0 saturated heterocycles. The number of anilines is 2. The molecule has 1 heterocycles. The maximum absolute atomic E-state index is 12.6. The predicted octanol–water partition coefficient (Wildman–Crippen LogP) is 6.45. The number of ether oxygens (including phenoxy) is 2. The molecule has 3 N–H and O–H groups in total. The SMILES string of the molecule is CCC(C)(Oc1ccc(NC(=O)Nc2cccnc2Oc2ccccc2C(C)(C)C)cc1)C(=O)O. The smallest absolute Gasteiger partial charge is 0.347 e. The van der Waals surface area contributed by atoms with Gasteiger partial charge in [-0.25, -0.2) is 14.6 Å². The number of urea groups is 1. The van der Waals surface area contributed by atoms with E-state index in [0.29, 0.717) is 29.3 Å². The van der Waals surface area contributed by atoms with Gasteiger partial charge < -0.3 is 25.2 Å². The first-order valence-corrected chi connectivity index (χ1v) is 11.3. The normalized spacial score (nSPS) is 12.8. The molecule has 3 aromatic rings. The van der Waals surface area contributed by atoms with Crippen LogP contribution in [0.25, 0.3) is 0 Å². The number of carboxylic acids is 1. The summed E-state index contributed by atoms with van der Waals surface area (Å²) < 4.78 is 11.7. The molecule has 8 heteroatoms. The first-order valence-electron chi connectivity index (χ1n) is 11.3. The summed E-state index contributed by atoms with van der Waals surface area (Å²) >= 11 is 0. The number of para-hydroxylation sites is 1. The average Bonchev–Trinajstić information content (AvgIpc) is 2.81. The Hall–Kier alpha value is -4.07. The number of nitrogens with zero attached hydrogens (tertiary/aromatic N) is 1. The number of pyridine rings is 1. The molecule has 3 rings (SSSR count). The van der Waals surface area contributed by atoms with E-state index < -0.39 is 17.6 Å². The second-order valence-electron chi connectivity index (χ2n) is 9.30. The van der Waals surface area contributed by atoms with Crippen LogP contribution in [-0.2, 0) is 10.2 Å². The third-order valence-corrected chi connectivity index (χ3v) is 5.50. The summed E-state index contributed by atoms with van der Waals surface area (Å²) in [6.07, 6.45) is 1.90. The summed E-state index contributed by atoms with van der Waals surface area (Å²) in [5.41, 5.74) is 0.479. The van der Waals surface area contributed by atoms with Crippen molar-refractivity contribution in [2.45, 2.75) is 52.1 Å². The lowest BCUT2D eigenvalue weighted by Crippen LogP contribution is -2.40. The Balaban J connectivity index is 1.70. The van der Waals surface area contributed by atoms with E-state index >= 15 is 0 Å². The van der Waals surface area contributed by atoms with Crippen molar-refractivity contribution in [3.8, 4) is 17.4 Å². The minimum atomic E-state index is -1.32. The first kappa shape index (κ1) is 25.6. The first-order chi connectivity index (χ1) is 16.5. The zero-order valence-electron chi connectivity index (χ0n) is 20.6. The number of hydrogen-bond donors (Lipinski definition) is 3. The lowest BCUT2D eigenvalue weighted by Gasteiger charge is -2.24. The van der Waals surface area contributed by atoms with E-state index in [9.17, 15) is 14.7 Å². The molecular weight excluding hydrogens is 446 g/mol. The topological polar surface area (TPSA) is 110 Å². The Morgan fingerprint density at radius 1 is 0.943 bits per heavy atom. The number of amides is 2. The van der Waals surface area contributed by atoms with Gasteiger partial charge >= 0.3 is 12.0 Å². The minimum Gasteiger partial charge on any atom is -0.478 e. The van der Waals surface area contributed by atoms with Gasteiger partial charge in [-0.15, -0.1) is 0 Å². The molecule has 0 aliphatic heterocycles. The number of nitrogens with one attached hydrogen (secondary N) is 2. The summed E-state index contributed by atoms with van der Waals surface area (Å²) in [6, 6.07) is 17.1. The third-order valence-electron chi connectivity index (χ3n) is 5.50. The van der Waals surface area contributed by atoms with Crippen molar-refractivity contribution in [2.24, 2.45) is 0 Å². The van der Waals surface area contributed by atoms with Gasteiger partial charge in [0, 0.05) is 17.4 Å². The highest BCUT2D eigenvalue weighted by Crippen LogP contribution is 2.35. The van der Waals surface area contributed by atoms with Gasteiger partial charge in [0.2, 0.25) is 11.5 Å². The summed E-state index contributed by atoms with van der Waals surface area (Å²) in [5, 5.41) is 14.9. The molecule has 184 valence electrons. The highest BCUT2D eigenvalue weighted by molar-refractivity contribution is 6.00. The molecule has 1 aromatic heterocycles. The Morgan fingerprint density at radius 3 is 2.26 bits per heavy atom. The zero-order chi connectivity index (χ0) is 25.6. The molecule has 0 radical (unpaired) electrons. The molecule has 0 aliphatic rings. The number of carbonyl (C=O) groups excluding carboxylic acids is 1. The van der Waals surface area contributed by atoms with E-state index in [4.69, 9.17) is 9.47 Å². The Labute approximate surface area is 205 Å². The summed E-state index contributed by atoms with van der Waals surface area (Å²) in [4.78, 5) is 28.4. The third kappa shape index (κ3) is 6.50.